The van der Waals surface area contributed by atoms with E-state index in [0.717, 1.165) is 16.7 Å². The molecule has 2 heterocycles. The lowest BCUT2D eigenvalue weighted by Gasteiger charge is -2.35. The van der Waals surface area contributed by atoms with Crippen LogP contribution in [0.2, 0.25) is 0 Å². The average Bonchev–Trinajstić information content (AvgIpc) is 2.73. The van der Waals surface area contributed by atoms with Gasteiger partial charge in [0.25, 0.3) is 0 Å². The van der Waals surface area contributed by atoms with Gasteiger partial charge in [-0.3, -0.25) is 0 Å². The summed E-state index contributed by atoms with van der Waals surface area (Å²) in [6, 6.07) is 14.9. The molecule has 1 aliphatic rings. The van der Waals surface area contributed by atoms with Crippen molar-refractivity contribution < 1.29 is 14.6 Å². The van der Waals surface area contributed by atoms with Gasteiger partial charge in [0.15, 0.2) is 5.82 Å². The highest BCUT2D eigenvalue weighted by Gasteiger charge is 2.24. The van der Waals surface area contributed by atoms with Crippen molar-refractivity contribution in [2.75, 3.05) is 37.7 Å². The first-order valence-electron chi connectivity index (χ1n) is 9.39. The number of phenolic OH excluding ortho intramolecular Hbond substituents is 1. The normalized spacial score (nSPS) is 14.3. The summed E-state index contributed by atoms with van der Waals surface area (Å²) in [4.78, 5) is 25.3. The molecule has 0 saturated carbocycles. The molecule has 0 atom stereocenters. The van der Waals surface area contributed by atoms with Crippen LogP contribution in [0.5, 0.6) is 5.75 Å². The molecule has 1 aromatic heterocycles. The van der Waals surface area contributed by atoms with Gasteiger partial charge >= 0.3 is 6.09 Å². The van der Waals surface area contributed by atoms with Crippen LogP contribution in [-0.2, 0) is 4.74 Å². The second-order valence-corrected chi connectivity index (χ2v) is 6.58. The molecule has 0 unspecified atom stereocenters. The monoisotopic (exact) mass is 378 g/mol. The molecule has 144 valence electrons. The van der Waals surface area contributed by atoms with Crippen molar-refractivity contribution in [2.24, 2.45) is 0 Å². The van der Waals surface area contributed by atoms with Crippen molar-refractivity contribution in [1.82, 2.24) is 14.9 Å². The molecular weight excluding hydrogens is 356 g/mol. The number of aromatic nitrogens is 2. The third kappa shape index (κ3) is 3.43. The molecule has 28 heavy (non-hydrogen) atoms. The van der Waals surface area contributed by atoms with Gasteiger partial charge in [-0.1, -0.05) is 24.3 Å². The number of carbonyl (C=O) groups excluding carboxylic acids is 1. The van der Waals surface area contributed by atoms with Gasteiger partial charge in [-0.15, -0.1) is 0 Å². The predicted molar refractivity (Wildman–Crippen MR) is 107 cm³/mol. The summed E-state index contributed by atoms with van der Waals surface area (Å²) >= 11 is 0. The van der Waals surface area contributed by atoms with E-state index in [1.54, 1.807) is 17.0 Å². The number of hydrogen-bond donors (Lipinski definition) is 1. The zero-order valence-corrected chi connectivity index (χ0v) is 15.7. The first-order valence-corrected chi connectivity index (χ1v) is 9.39. The van der Waals surface area contributed by atoms with Crippen molar-refractivity contribution in [2.45, 2.75) is 6.92 Å². The topological polar surface area (TPSA) is 78.8 Å². The van der Waals surface area contributed by atoms with E-state index in [0.29, 0.717) is 44.2 Å². The van der Waals surface area contributed by atoms with E-state index < -0.39 is 0 Å². The zero-order valence-electron chi connectivity index (χ0n) is 15.7. The number of piperazine rings is 1. The fraction of sp³-hybridized carbons (Fsp3) is 0.286. The van der Waals surface area contributed by atoms with Crippen molar-refractivity contribution in [1.29, 1.82) is 0 Å². The summed E-state index contributed by atoms with van der Waals surface area (Å²) in [5.41, 5.74) is 1.42. The van der Waals surface area contributed by atoms with Gasteiger partial charge in [0, 0.05) is 31.6 Å². The lowest BCUT2D eigenvalue weighted by atomic mass is 10.1. The SMILES string of the molecule is CCOC(=O)N1CCN(c2nc(-c3ccccc3O)nc3ccccc23)CC1. The van der Waals surface area contributed by atoms with Gasteiger partial charge < -0.3 is 19.6 Å². The Morgan fingerprint density at radius 2 is 1.75 bits per heavy atom. The first kappa shape index (κ1) is 18.0. The smallest absolute Gasteiger partial charge is 0.409 e. The number of para-hydroxylation sites is 2. The molecule has 7 nitrogen and oxygen atoms in total. The van der Waals surface area contributed by atoms with Gasteiger partial charge in [-0.05, 0) is 31.2 Å². The second-order valence-electron chi connectivity index (χ2n) is 6.58. The van der Waals surface area contributed by atoms with E-state index in [1.165, 1.54) is 0 Å². The highest BCUT2D eigenvalue weighted by molar-refractivity contribution is 5.91. The van der Waals surface area contributed by atoms with E-state index in [-0.39, 0.29) is 11.8 Å². The van der Waals surface area contributed by atoms with Crippen LogP contribution in [0, 0.1) is 0 Å². The van der Waals surface area contributed by atoms with Gasteiger partial charge in [-0.25, -0.2) is 14.8 Å². The molecule has 7 heteroatoms. The number of aromatic hydroxyl groups is 1. The molecule has 1 amide bonds. The number of hydrogen-bond acceptors (Lipinski definition) is 6. The summed E-state index contributed by atoms with van der Waals surface area (Å²) in [5, 5.41) is 11.2. The zero-order chi connectivity index (χ0) is 19.5. The van der Waals surface area contributed by atoms with Crippen LogP contribution in [0.4, 0.5) is 10.6 Å². The van der Waals surface area contributed by atoms with Crippen LogP contribution in [0.15, 0.2) is 48.5 Å². The maximum atomic E-state index is 12.0. The van der Waals surface area contributed by atoms with Crippen molar-refractivity contribution >= 4 is 22.8 Å². The maximum absolute atomic E-state index is 12.0. The highest BCUT2D eigenvalue weighted by atomic mass is 16.6. The van der Waals surface area contributed by atoms with Crippen LogP contribution >= 0.6 is 0 Å². The second kappa shape index (κ2) is 7.72. The quantitative estimate of drug-likeness (QED) is 0.754. The molecule has 0 aliphatic carbocycles. The summed E-state index contributed by atoms with van der Waals surface area (Å²) in [7, 11) is 0. The van der Waals surface area contributed by atoms with Gasteiger partial charge in [0.1, 0.15) is 11.6 Å². The number of carbonyl (C=O) groups is 1. The van der Waals surface area contributed by atoms with E-state index in [2.05, 4.69) is 9.88 Å². The Bertz CT molecular complexity index is 1000. The van der Waals surface area contributed by atoms with Gasteiger partial charge in [0.05, 0.1) is 17.7 Å². The molecule has 0 spiro atoms. The van der Waals surface area contributed by atoms with Crippen molar-refractivity contribution in [3.05, 3.63) is 48.5 Å². The largest absolute Gasteiger partial charge is 0.507 e. The molecule has 1 aliphatic heterocycles. The first-order chi connectivity index (χ1) is 13.7. The summed E-state index contributed by atoms with van der Waals surface area (Å²) < 4.78 is 5.10. The molecule has 1 fully saturated rings. The van der Waals surface area contributed by atoms with E-state index in [4.69, 9.17) is 9.72 Å². The van der Waals surface area contributed by atoms with Crippen LogP contribution in [0.25, 0.3) is 22.3 Å². The van der Waals surface area contributed by atoms with Crippen LogP contribution in [0.1, 0.15) is 6.92 Å². The number of phenols is 1. The Morgan fingerprint density at radius 1 is 1.04 bits per heavy atom. The summed E-state index contributed by atoms with van der Waals surface area (Å²) in [5.74, 6) is 1.45. The average molecular weight is 378 g/mol. The highest BCUT2D eigenvalue weighted by Crippen LogP contribution is 2.31. The Hall–Kier alpha value is -3.35. The standard InChI is InChI=1S/C21H22N4O3/c1-2-28-21(27)25-13-11-24(12-14-25)20-15-7-3-5-9-17(15)22-19(23-20)16-8-4-6-10-18(16)26/h3-10,26H,2,11-14H2,1H3. The molecule has 0 bridgehead atoms. The number of nitrogens with zero attached hydrogens (tertiary/aromatic N) is 4. The molecule has 3 aromatic rings. The van der Waals surface area contributed by atoms with E-state index >= 15 is 0 Å². The fourth-order valence-corrected chi connectivity index (χ4v) is 3.40. The van der Waals surface area contributed by atoms with E-state index in [1.807, 2.05) is 43.3 Å². The summed E-state index contributed by atoms with van der Waals surface area (Å²) in [6.07, 6.45) is -0.274. The molecule has 1 saturated heterocycles. The molecule has 2 aromatic carbocycles. The number of anilines is 1. The number of amides is 1. The molecule has 0 radical (unpaired) electrons. The predicted octanol–water partition coefficient (Wildman–Crippen LogP) is 3.28. The minimum atomic E-state index is -0.274. The molecule has 4 rings (SSSR count). The Labute approximate surface area is 163 Å². The van der Waals surface area contributed by atoms with E-state index in [9.17, 15) is 9.90 Å². The lowest BCUT2D eigenvalue weighted by Crippen LogP contribution is -2.49. The van der Waals surface area contributed by atoms with Crippen LogP contribution in [0.3, 0.4) is 0 Å². The van der Waals surface area contributed by atoms with Crippen molar-refractivity contribution in [3.63, 3.8) is 0 Å². The Morgan fingerprint density at radius 3 is 2.50 bits per heavy atom. The van der Waals surface area contributed by atoms with Gasteiger partial charge in [-0.2, -0.15) is 0 Å². The Kier molecular flexibility index (Phi) is 4.97. The van der Waals surface area contributed by atoms with Crippen LogP contribution < -0.4 is 4.90 Å². The number of fused-ring (bicyclic) bond motifs is 1. The van der Waals surface area contributed by atoms with Crippen LogP contribution in [-0.4, -0.2) is 58.9 Å². The Balaban J connectivity index is 1.69. The molecular formula is C21H22N4O3. The van der Waals surface area contributed by atoms with Gasteiger partial charge in [0.2, 0.25) is 0 Å². The maximum Gasteiger partial charge on any atom is 0.409 e. The fourth-order valence-electron chi connectivity index (χ4n) is 3.40. The third-order valence-electron chi connectivity index (χ3n) is 4.83. The van der Waals surface area contributed by atoms with Crippen molar-refractivity contribution in [3.8, 4) is 17.1 Å². The summed E-state index contributed by atoms with van der Waals surface area (Å²) in [6.45, 7) is 4.63. The minimum Gasteiger partial charge on any atom is -0.507 e. The third-order valence-corrected chi connectivity index (χ3v) is 4.83. The number of rotatable bonds is 3. The molecule has 1 N–H and O–H groups in total. The number of benzene rings is 2. The lowest BCUT2D eigenvalue weighted by molar-refractivity contribution is 0.105. The minimum absolute atomic E-state index is 0.149. The number of ether oxygens (including phenoxy) is 1.